The van der Waals surface area contributed by atoms with Gasteiger partial charge in [0.25, 0.3) is 17.6 Å². The Kier molecular flexibility index (Phi) is 6.60. The number of nitrogens with zero attached hydrogens (tertiary/aromatic N) is 1. The van der Waals surface area contributed by atoms with Gasteiger partial charge in [0.15, 0.2) is 11.6 Å². The zero-order valence-corrected chi connectivity index (χ0v) is 17.7. The van der Waals surface area contributed by atoms with Crippen LogP contribution in [-0.2, 0) is 11.8 Å². The van der Waals surface area contributed by atoms with Crippen LogP contribution < -0.4 is 10.6 Å². The Balaban J connectivity index is 2.37. The standard InChI is InChI=1S/C22H25F2N3O3/c1-7-22(5,8-2)26-21(30)19(28)17-12(3)18(27(6)13(17)4)20(29)25-14-9-10-15(23)16(24)11-14/h7,9-11H,1,8H2,2-6H3,(H,25,29)(H,26,30). The minimum atomic E-state index is -1.10. The summed E-state index contributed by atoms with van der Waals surface area (Å²) in [6.07, 6.45) is 2.10. The van der Waals surface area contributed by atoms with Gasteiger partial charge in [0.05, 0.1) is 11.1 Å². The largest absolute Gasteiger partial charge is 0.343 e. The van der Waals surface area contributed by atoms with Gasteiger partial charge in [-0.2, -0.15) is 0 Å². The van der Waals surface area contributed by atoms with Crippen molar-refractivity contribution in [2.45, 2.75) is 39.7 Å². The maximum Gasteiger partial charge on any atom is 0.293 e. The number of carbonyl (C=O) groups is 3. The van der Waals surface area contributed by atoms with Crippen molar-refractivity contribution in [1.82, 2.24) is 9.88 Å². The summed E-state index contributed by atoms with van der Waals surface area (Å²) in [7, 11) is 1.58. The molecule has 0 saturated heterocycles. The fraction of sp³-hybridized carbons (Fsp3) is 0.318. The number of hydrogen-bond donors (Lipinski definition) is 2. The number of ketones is 1. The highest BCUT2D eigenvalue weighted by molar-refractivity contribution is 6.43. The van der Waals surface area contributed by atoms with E-state index >= 15 is 0 Å². The third-order valence-corrected chi connectivity index (χ3v) is 5.34. The van der Waals surface area contributed by atoms with Gasteiger partial charge in [-0.3, -0.25) is 14.4 Å². The fourth-order valence-corrected chi connectivity index (χ4v) is 3.11. The van der Waals surface area contributed by atoms with Crippen molar-refractivity contribution < 1.29 is 23.2 Å². The fourth-order valence-electron chi connectivity index (χ4n) is 3.11. The zero-order chi connectivity index (χ0) is 22.8. The maximum atomic E-state index is 13.4. The molecule has 1 unspecified atom stereocenters. The number of amides is 2. The van der Waals surface area contributed by atoms with E-state index in [9.17, 15) is 23.2 Å². The molecule has 30 heavy (non-hydrogen) atoms. The third-order valence-electron chi connectivity index (χ3n) is 5.34. The molecule has 160 valence electrons. The van der Waals surface area contributed by atoms with Gasteiger partial charge in [-0.1, -0.05) is 13.0 Å². The number of nitrogens with one attached hydrogen (secondary N) is 2. The number of rotatable bonds is 7. The molecule has 6 nitrogen and oxygen atoms in total. The van der Waals surface area contributed by atoms with Crippen LogP contribution in [-0.4, -0.2) is 27.7 Å². The zero-order valence-electron chi connectivity index (χ0n) is 17.7. The predicted octanol–water partition coefficient (Wildman–Crippen LogP) is 3.83. The number of benzene rings is 1. The average Bonchev–Trinajstić information content (AvgIpc) is 2.92. The van der Waals surface area contributed by atoms with Crippen LogP contribution in [0.5, 0.6) is 0 Å². The molecule has 0 fully saturated rings. The lowest BCUT2D eigenvalue weighted by Gasteiger charge is -2.25. The van der Waals surface area contributed by atoms with Crippen LogP contribution in [0.3, 0.4) is 0 Å². The normalized spacial score (nSPS) is 12.8. The van der Waals surface area contributed by atoms with Crippen LogP contribution in [0, 0.1) is 25.5 Å². The Morgan fingerprint density at radius 3 is 2.37 bits per heavy atom. The molecule has 0 aliphatic heterocycles. The topological polar surface area (TPSA) is 80.2 Å². The lowest BCUT2D eigenvalue weighted by Crippen LogP contribution is -2.46. The second-order valence-corrected chi connectivity index (χ2v) is 7.33. The molecule has 0 aliphatic carbocycles. The summed E-state index contributed by atoms with van der Waals surface area (Å²) in [6.45, 7) is 10.5. The monoisotopic (exact) mass is 417 g/mol. The Bertz CT molecular complexity index is 1040. The number of halogens is 2. The Morgan fingerprint density at radius 2 is 1.83 bits per heavy atom. The van der Waals surface area contributed by atoms with E-state index in [2.05, 4.69) is 17.2 Å². The lowest BCUT2D eigenvalue weighted by molar-refractivity contribution is -0.118. The van der Waals surface area contributed by atoms with Crippen LogP contribution in [0.1, 0.15) is 52.4 Å². The van der Waals surface area contributed by atoms with Gasteiger partial charge >= 0.3 is 0 Å². The number of aromatic nitrogens is 1. The van der Waals surface area contributed by atoms with Crippen molar-refractivity contribution in [1.29, 1.82) is 0 Å². The van der Waals surface area contributed by atoms with Crippen molar-refractivity contribution in [3.05, 3.63) is 65.0 Å². The van der Waals surface area contributed by atoms with Gasteiger partial charge < -0.3 is 15.2 Å². The van der Waals surface area contributed by atoms with E-state index in [4.69, 9.17) is 0 Å². The smallest absolute Gasteiger partial charge is 0.293 e. The number of Topliss-reactive ketones (excluding diaryl/α,β-unsaturated/α-hetero) is 1. The summed E-state index contributed by atoms with van der Waals surface area (Å²) >= 11 is 0. The molecule has 1 atom stereocenters. The molecule has 2 aromatic rings. The highest BCUT2D eigenvalue weighted by atomic mass is 19.2. The minimum absolute atomic E-state index is 0.0625. The Morgan fingerprint density at radius 1 is 1.20 bits per heavy atom. The van der Waals surface area contributed by atoms with E-state index in [0.717, 1.165) is 12.1 Å². The molecule has 0 bridgehead atoms. The highest BCUT2D eigenvalue weighted by Crippen LogP contribution is 2.24. The quantitative estimate of drug-likeness (QED) is 0.408. The molecule has 1 aromatic carbocycles. The average molecular weight is 417 g/mol. The van der Waals surface area contributed by atoms with E-state index in [0.29, 0.717) is 17.7 Å². The van der Waals surface area contributed by atoms with Gasteiger partial charge in [-0.25, -0.2) is 8.78 Å². The van der Waals surface area contributed by atoms with Crippen molar-refractivity contribution in [2.75, 3.05) is 5.32 Å². The molecule has 1 aromatic heterocycles. The predicted molar refractivity (Wildman–Crippen MR) is 111 cm³/mol. The van der Waals surface area contributed by atoms with Crippen molar-refractivity contribution in [3.63, 3.8) is 0 Å². The van der Waals surface area contributed by atoms with E-state index in [1.54, 1.807) is 33.9 Å². The first-order valence-electron chi connectivity index (χ1n) is 9.38. The molecule has 2 N–H and O–H groups in total. The molecule has 0 spiro atoms. The molecule has 2 rings (SSSR count). The maximum absolute atomic E-state index is 13.4. The molecular formula is C22H25F2N3O3. The van der Waals surface area contributed by atoms with E-state index < -0.39 is 34.8 Å². The lowest BCUT2D eigenvalue weighted by atomic mass is 9.97. The van der Waals surface area contributed by atoms with Crippen molar-refractivity contribution in [3.8, 4) is 0 Å². The van der Waals surface area contributed by atoms with E-state index in [-0.39, 0.29) is 16.9 Å². The van der Waals surface area contributed by atoms with Gasteiger partial charge in [-0.15, -0.1) is 6.58 Å². The van der Waals surface area contributed by atoms with Crippen LogP contribution in [0.25, 0.3) is 0 Å². The van der Waals surface area contributed by atoms with Gasteiger partial charge in [0, 0.05) is 24.5 Å². The summed E-state index contributed by atoms with van der Waals surface area (Å²) in [6, 6.07) is 2.98. The second-order valence-electron chi connectivity index (χ2n) is 7.33. The summed E-state index contributed by atoms with van der Waals surface area (Å²) < 4.78 is 28.0. The van der Waals surface area contributed by atoms with Gasteiger partial charge in [0.2, 0.25) is 0 Å². The summed E-state index contributed by atoms with van der Waals surface area (Å²) in [4.78, 5) is 38.1. The Labute approximate surface area is 174 Å². The SMILES string of the molecule is C=CC(C)(CC)NC(=O)C(=O)c1c(C)c(C(=O)Nc2ccc(F)c(F)c2)n(C)c1C. The van der Waals surface area contributed by atoms with Crippen LogP contribution >= 0.6 is 0 Å². The first-order chi connectivity index (χ1) is 14.0. The van der Waals surface area contributed by atoms with Crippen molar-refractivity contribution >= 4 is 23.3 Å². The molecule has 0 radical (unpaired) electrons. The van der Waals surface area contributed by atoms with Gasteiger partial charge in [-0.05, 0) is 44.9 Å². The first kappa shape index (κ1) is 23.0. The van der Waals surface area contributed by atoms with E-state index in [1.165, 1.54) is 10.6 Å². The van der Waals surface area contributed by atoms with Crippen LogP contribution in [0.4, 0.5) is 14.5 Å². The minimum Gasteiger partial charge on any atom is -0.343 e. The molecule has 0 saturated carbocycles. The Hall–Kier alpha value is -3.29. The molecule has 2 amide bonds. The molecule has 0 aliphatic rings. The number of hydrogen-bond acceptors (Lipinski definition) is 3. The number of anilines is 1. The summed E-state index contributed by atoms with van der Waals surface area (Å²) in [5.41, 5.74) is 0.318. The highest BCUT2D eigenvalue weighted by Gasteiger charge is 2.31. The molecule has 1 heterocycles. The van der Waals surface area contributed by atoms with Crippen LogP contribution in [0.2, 0.25) is 0 Å². The molecule has 8 heteroatoms. The summed E-state index contributed by atoms with van der Waals surface area (Å²) in [5, 5.41) is 5.14. The molecular weight excluding hydrogens is 392 g/mol. The number of carbonyl (C=O) groups excluding carboxylic acids is 3. The van der Waals surface area contributed by atoms with Crippen molar-refractivity contribution in [2.24, 2.45) is 7.05 Å². The third kappa shape index (κ3) is 4.32. The first-order valence-corrected chi connectivity index (χ1v) is 9.38. The summed E-state index contributed by atoms with van der Waals surface area (Å²) in [5.74, 6) is -4.32. The van der Waals surface area contributed by atoms with Crippen LogP contribution in [0.15, 0.2) is 30.9 Å². The van der Waals surface area contributed by atoms with E-state index in [1.807, 2.05) is 6.92 Å². The van der Waals surface area contributed by atoms with Gasteiger partial charge in [0.1, 0.15) is 5.69 Å². The second kappa shape index (κ2) is 8.61.